The van der Waals surface area contributed by atoms with Crippen molar-refractivity contribution in [1.82, 2.24) is 0 Å². The minimum atomic E-state index is 0.0554. The fraction of sp³-hybridized carbons (Fsp3) is 0.414. The van der Waals surface area contributed by atoms with Crippen molar-refractivity contribution in [3.05, 3.63) is 75.0 Å². The van der Waals surface area contributed by atoms with Crippen molar-refractivity contribution in [3.8, 4) is 23.0 Å². The van der Waals surface area contributed by atoms with Gasteiger partial charge in [0.1, 0.15) is 4.91 Å². The molecule has 0 aromatic heterocycles. The lowest BCUT2D eigenvalue weighted by atomic mass is 10.0. The Labute approximate surface area is 209 Å². The summed E-state index contributed by atoms with van der Waals surface area (Å²) in [7, 11) is 0. The molecule has 3 heteroatoms. The monoisotopic (exact) mass is 480 g/mol. The van der Waals surface area contributed by atoms with Gasteiger partial charge in [0.15, 0.2) is 0 Å². The van der Waals surface area contributed by atoms with Crippen molar-refractivity contribution in [1.29, 1.82) is 0 Å². The van der Waals surface area contributed by atoms with E-state index < -0.39 is 0 Å². The second-order valence-electron chi connectivity index (χ2n) is 10.5. The zero-order chi connectivity index (χ0) is 24.0. The number of allylic oxidation sites excluding steroid dienone is 1. The van der Waals surface area contributed by atoms with Gasteiger partial charge >= 0.3 is 0 Å². The largest absolute Gasteiger partial charge is 0.105 e. The van der Waals surface area contributed by atoms with Crippen LogP contribution in [0.5, 0.6) is 0 Å². The van der Waals surface area contributed by atoms with Crippen LogP contribution < -0.4 is 0 Å². The first-order valence-electron chi connectivity index (χ1n) is 11.0. The minimum Gasteiger partial charge on any atom is -0.105 e. The molecule has 0 bridgehead atoms. The van der Waals surface area contributed by atoms with Crippen molar-refractivity contribution < 1.29 is 0 Å². The van der Waals surface area contributed by atoms with Gasteiger partial charge in [-0.15, -0.1) is 35.3 Å². The molecule has 0 saturated heterocycles. The Morgan fingerprint density at radius 1 is 0.625 bits per heavy atom. The Bertz CT molecular complexity index is 1010. The summed E-state index contributed by atoms with van der Waals surface area (Å²) in [4.78, 5) is 0.990. The molecule has 0 spiro atoms. The quantitative estimate of drug-likeness (QED) is 0.316. The van der Waals surface area contributed by atoms with E-state index in [-0.39, 0.29) is 14.2 Å². The maximum Gasteiger partial charge on any atom is 0.102 e. The molecule has 0 N–H and O–H groups in total. The first-order valence-corrected chi connectivity index (χ1v) is 13.4. The fourth-order valence-electron chi connectivity index (χ4n) is 2.69. The number of thioether (sulfide) groups is 3. The zero-order valence-corrected chi connectivity index (χ0v) is 23.4. The molecule has 0 radical (unpaired) electrons. The standard InChI is InChI=1S/C29H36S3/c1-27(2,3)30-24(21-26(31-28(4,5)6)32-29(7,8)9)20-19-23-17-13-14-18-25(23)22-15-11-10-12-16-22/h10-18H,1-9H3. The molecule has 170 valence electrons. The summed E-state index contributed by atoms with van der Waals surface area (Å²) in [5.41, 5.74) is 7.10. The number of hydrogen-bond donors (Lipinski definition) is 0. The molecule has 0 nitrogen and oxygen atoms in total. The maximum absolute atomic E-state index is 3.70. The molecule has 0 aliphatic carbocycles. The molecule has 2 aromatic rings. The van der Waals surface area contributed by atoms with Crippen LogP contribution in [-0.4, -0.2) is 14.2 Å². The lowest BCUT2D eigenvalue weighted by Crippen LogP contribution is -2.11. The average molecular weight is 481 g/mol. The highest BCUT2D eigenvalue weighted by molar-refractivity contribution is 8.23. The van der Waals surface area contributed by atoms with E-state index in [0.29, 0.717) is 0 Å². The lowest BCUT2D eigenvalue weighted by molar-refractivity contribution is 0.803. The van der Waals surface area contributed by atoms with Gasteiger partial charge in [-0.1, -0.05) is 122 Å². The summed E-state index contributed by atoms with van der Waals surface area (Å²) < 4.78 is 1.49. The summed E-state index contributed by atoms with van der Waals surface area (Å²) in [5.74, 6) is 6.94. The summed E-state index contributed by atoms with van der Waals surface area (Å²) in [6.45, 7) is 20.2. The second kappa shape index (κ2) is 11.1. The van der Waals surface area contributed by atoms with Crippen molar-refractivity contribution >= 4 is 35.3 Å². The summed E-state index contributed by atoms with van der Waals surface area (Å²) >= 11 is 5.53. The van der Waals surface area contributed by atoms with Crippen LogP contribution >= 0.6 is 35.3 Å². The van der Waals surface area contributed by atoms with Gasteiger partial charge in [-0.05, 0) is 23.1 Å². The maximum atomic E-state index is 3.70. The van der Waals surface area contributed by atoms with Crippen LogP contribution in [0.15, 0.2) is 69.5 Å². The van der Waals surface area contributed by atoms with Crippen molar-refractivity contribution in [2.75, 3.05) is 0 Å². The van der Waals surface area contributed by atoms with Gasteiger partial charge in [0.25, 0.3) is 0 Å². The number of benzene rings is 2. The first-order chi connectivity index (χ1) is 14.7. The van der Waals surface area contributed by atoms with Crippen molar-refractivity contribution in [3.63, 3.8) is 0 Å². The van der Waals surface area contributed by atoms with Gasteiger partial charge in [-0.3, -0.25) is 0 Å². The summed E-state index contributed by atoms with van der Waals surface area (Å²) in [5, 5.41) is 0. The highest BCUT2D eigenvalue weighted by Crippen LogP contribution is 2.44. The van der Waals surface area contributed by atoms with Crippen LogP contribution in [0.1, 0.15) is 67.9 Å². The van der Waals surface area contributed by atoms with E-state index in [1.54, 1.807) is 11.8 Å². The van der Waals surface area contributed by atoms with E-state index in [1.807, 2.05) is 29.6 Å². The average Bonchev–Trinajstić information content (AvgIpc) is 2.63. The van der Waals surface area contributed by atoms with Crippen molar-refractivity contribution in [2.24, 2.45) is 0 Å². The van der Waals surface area contributed by atoms with Gasteiger partial charge in [-0.2, -0.15) is 0 Å². The predicted octanol–water partition coefficient (Wildman–Crippen LogP) is 9.62. The van der Waals surface area contributed by atoms with Gasteiger partial charge in [0.05, 0.1) is 4.24 Å². The zero-order valence-electron chi connectivity index (χ0n) is 20.9. The Morgan fingerprint density at radius 2 is 1.12 bits per heavy atom. The molecule has 0 heterocycles. The molecular weight excluding hydrogens is 445 g/mol. The molecular formula is C29H36S3. The van der Waals surface area contributed by atoms with E-state index >= 15 is 0 Å². The smallest absolute Gasteiger partial charge is 0.102 e. The lowest BCUT2D eigenvalue weighted by Gasteiger charge is -2.24. The first kappa shape index (κ1) is 26.8. The molecule has 0 fully saturated rings. The third-order valence-electron chi connectivity index (χ3n) is 3.74. The van der Waals surface area contributed by atoms with Crippen LogP contribution in [0.2, 0.25) is 0 Å². The third kappa shape index (κ3) is 10.5. The van der Waals surface area contributed by atoms with Crippen molar-refractivity contribution in [2.45, 2.75) is 76.6 Å². The van der Waals surface area contributed by atoms with Crippen LogP contribution in [-0.2, 0) is 0 Å². The van der Waals surface area contributed by atoms with E-state index in [4.69, 9.17) is 0 Å². The number of rotatable bonds is 4. The van der Waals surface area contributed by atoms with E-state index in [2.05, 4.69) is 128 Å². The van der Waals surface area contributed by atoms with Crippen LogP contribution in [0.3, 0.4) is 0 Å². The molecule has 0 aliphatic heterocycles. The minimum absolute atomic E-state index is 0.0554. The molecule has 0 amide bonds. The van der Waals surface area contributed by atoms with E-state index in [0.717, 1.165) is 16.0 Å². The molecule has 2 aromatic carbocycles. The topological polar surface area (TPSA) is 0 Å². The summed E-state index contributed by atoms with van der Waals surface area (Å²) in [6, 6.07) is 18.8. The normalized spacial score (nSPS) is 11.9. The Balaban J connectivity index is 2.61. The Kier molecular flexibility index (Phi) is 9.33. The predicted molar refractivity (Wildman–Crippen MR) is 151 cm³/mol. The molecule has 0 atom stereocenters. The molecule has 0 unspecified atom stereocenters. The van der Waals surface area contributed by atoms with Gasteiger partial charge < -0.3 is 0 Å². The highest BCUT2D eigenvalue weighted by Gasteiger charge is 2.21. The highest BCUT2D eigenvalue weighted by atomic mass is 32.2. The summed E-state index contributed by atoms with van der Waals surface area (Å²) in [6.07, 6.45) is 0. The molecule has 2 rings (SSSR count). The van der Waals surface area contributed by atoms with Gasteiger partial charge in [0, 0.05) is 19.8 Å². The van der Waals surface area contributed by atoms with E-state index in [9.17, 15) is 0 Å². The Morgan fingerprint density at radius 3 is 1.66 bits per heavy atom. The SMILES string of the molecule is CC(C)(C)SC(=C=C(SC(C)(C)C)SC(C)(C)C)C#Cc1ccccc1-c1ccccc1. The van der Waals surface area contributed by atoms with Gasteiger partial charge in [0.2, 0.25) is 0 Å². The van der Waals surface area contributed by atoms with Crippen LogP contribution in [0.25, 0.3) is 11.1 Å². The molecule has 32 heavy (non-hydrogen) atoms. The van der Waals surface area contributed by atoms with E-state index in [1.165, 1.54) is 9.80 Å². The fourth-order valence-corrected chi connectivity index (χ4v) is 6.78. The second-order valence-corrected chi connectivity index (χ2v) is 16.3. The van der Waals surface area contributed by atoms with Gasteiger partial charge in [-0.25, -0.2) is 0 Å². The van der Waals surface area contributed by atoms with Crippen LogP contribution in [0, 0.1) is 11.8 Å². The number of hydrogen-bond acceptors (Lipinski definition) is 3. The molecule has 0 aliphatic rings. The van der Waals surface area contributed by atoms with Crippen LogP contribution in [0.4, 0.5) is 0 Å². The Hall–Kier alpha value is -1.43. The molecule has 0 saturated carbocycles. The third-order valence-corrected chi connectivity index (χ3v) is 7.06.